The van der Waals surface area contributed by atoms with E-state index in [0.29, 0.717) is 0 Å². The third kappa shape index (κ3) is 3.27. The Hall–Kier alpha value is -1.47. The fraction of sp³-hybridized carbons (Fsp3) is 0.250. The monoisotopic (exact) mass is 260 g/mol. The second-order valence-corrected chi connectivity index (χ2v) is 4.64. The highest BCUT2D eigenvalue weighted by Gasteiger charge is 2.06. The number of benzene rings is 2. The number of halogens is 1. The zero-order valence-electron chi connectivity index (χ0n) is 10.5. The predicted octanol–water partition coefficient (Wildman–Crippen LogP) is 5.19. The van der Waals surface area contributed by atoms with E-state index in [-0.39, 0.29) is 0 Å². The molecule has 0 saturated heterocycles. The van der Waals surface area contributed by atoms with Crippen LogP contribution in [0.2, 0.25) is 5.02 Å². The zero-order chi connectivity index (χ0) is 12.8. The predicted molar refractivity (Wildman–Crippen MR) is 77.3 cm³/mol. The van der Waals surface area contributed by atoms with Gasteiger partial charge in [0.05, 0.1) is 6.61 Å². The van der Waals surface area contributed by atoms with Crippen LogP contribution in [-0.2, 0) is 0 Å². The first-order valence-corrected chi connectivity index (χ1v) is 6.67. The maximum atomic E-state index is 6.07. The zero-order valence-corrected chi connectivity index (χ0v) is 11.3. The highest BCUT2D eigenvalue weighted by molar-refractivity contribution is 6.31. The second kappa shape index (κ2) is 6.46. The molecule has 2 aromatic carbocycles. The quantitative estimate of drug-likeness (QED) is 0.673. The number of hydrogen-bond donors (Lipinski definition) is 0. The van der Waals surface area contributed by atoms with Crippen molar-refractivity contribution >= 4 is 11.6 Å². The van der Waals surface area contributed by atoms with Gasteiger partial charge < -0.3 is 4.74 Å². The molecule has 2 rings (SSSR count). The summed E-state index contributed by atoms with van der Waals surface area (Å²) in [7, 11) is 0. The van der Waals surface area contributed by atoms with Crippen LogP contribution in [0.4, 0.5) is 0 Å². The van der Waals surface area contributed by atoms with Crippen molar-refractivity contribution in [3.8, 4) is 16.9 Å². The van der Waals surface area contributed by atoms with Crippen LogP contribution in [0.5, 0.6) is 5.75 Å². The summed E-state index contributed by atoms with van der Waals surface area (Å²) >= 11 is 6.07. The molecule has 0 unspecified atom stereocenters. The molecule has 1 nitrogen and oxygen atoms in total. The van der Waals surface area contributed by atoms with Gasteiger partial charge in [0, 0.05) is 10.6 Å². The fourth-order valence-electron chi connectivity index (χ4n) is 1.80. The van der Waals surface area contributed by atoms with Crippen LogP contribution < -0.4 is 4.74 Å². The van der Waals surface area contributed by atoms with E-state index in [1.807, 2.05) is 36.4 Å². The maximum Gasteiger partial charge on any atom is 0.127 e. The van der Waals surface area contributed by atoms with Gasteiger partial charge in [-0.1, -0.05) is 55.3 Å². The molecule has 2 heteroatoms. The minimum Gasteiger partial charge on any atom is -0.493 e. The van der Waals surface area contributed by atoms with Gasteiger partial charge in [-0.2, -0.15) is 0 Å². The van der Waals surface area contributed by atoms with E-state index in [2.05, 4.69) is 19.1 Å². The first-order chi connectivity index (χ1) is 8.81. The molecule has 0 aromatic heterocycles. The first kappa shape index (κ1) is 13.0. The van der Waals surface area contributed by atoms with Crippen LogP contribution in [-0.4, -0.2) is 6.61 Å². The maximum absolute atomic E-state index is 6.07. The van der Waals surface area contributed by atoms with Crippen molar-refractivity contribution in [1.82, 2.24) is 0 Å². The first-order valence-electron chi connectivity index (χ1n) is 6.29. The van der Waals surface area contributed by atoms with Gasteiger partial charge in [-0.15, -0.1) is 0 Å². The van der Waals surface area contributed by atoms with Crippen LogP contribution in [0.25, 0.3) is 11.1 Å². The van der Waals surface area contributed by atoms with E-state index in [4.69, 9.17) is 16.3 Å². The summed E-state index contributed by atoms with van der Waals surface area (Å²) in [5, 5.41) is 0.733. The molecule has 0 fully saturated rings. The largest absolute Gasteiger partial charge is 0.493 e. The highest BCUT2D eigenvalue weighted by atomic mass is 35.5. The molecule has 0 aliphatic heterocycles. The lowest BCUT2D eigenvalue weighted by Crippen LogP contribution is -1.98. The number of ether oxygens (including phenoxy) is 1. The third-order valence-corrected chi connectivity index (χ3v) is 3.02. The van der Waals surface area contributed by atoms with Crippen LogP contribution in [0.3, 0.4) is 0 Å². The molecule has 0 N–H and O–H groups in total. The molecule has 0 radical (unpaired) electrons. The standard InChI is InChI=1S/C16H17ClO/c1-2-3-11-18-16-10-9-14(17)12-15(16)13-7-5-4-6-8-13/h4-10,12H,2-3,11H2,1H3. The van der Waals surface area contributed by atoms with Crippen molar-refractivity contribution in [2.75, 3.05) is 6.61 Å². The van der Waals surface area contributed by atoms with E-state index in [1.54, 1.807) is 0 Å². The lowest BCUT2D eigenvalue weighted by molar-refractivity contribution is 0.310. The van der Waals surface area contributed by atoms with Gasteiger partial charge >= 0.3 is 0 Å². The molecule has 18 heavy (non-hydrogen) atoms. The van der Waals surface area contributed by atoms with Crippen molar-refractivity contribution in [1.29, 1.82) is 0 Å². The van der Waals surface area contributed by atoms with Crippen LogP contribution in [0, 0.1) is 0 Å². The third-order valence-electron chi connectivity index (χ3n) is 2.78. The summed E-state index contributed by atoms with van der Waals surface area (Å²) < 4.78 is 5.83. The highest BCUT2D eigenvalue weighted by Crippen LogP contribution is 2.32. The average Bonchev–Trinajstić information content (AvgIpc) is 2.41. The van der Waals surface area contributed by atoms with Crippen LogP contribution >= 0.6 is 11.6 Å². The molecular formula is C16H17ClO. The summed E-state index contributed by atoms with van der Waals surface area (Å²) in [5.41, 5.74) is 2.19. The van der Waals surface area contributed by atoms with E-state index in [1.165, 1.54) is 0 Å². The second-order valence-electron chi connectivity index (χ2n) is 4.21. The Balaban J connectivity index is 2.29. The van der Waals surface area contributed by atoms with Gasteiger partial charge in [-0.3, -0.25) is 0 Å². The lowest BCUT2D eigenvalue weighted by Gasteiger charge is -2.12. The Bertz CT molecular complexity index is 494. The molecule has 0 atom stereocenters. The molecular weight excluding hydrogens is 244 g/mol. The van der Waals surface area contributed by atoms with Gasteiger partial charge in [0.15, 0.2) is 0 Å². The van der Waals surface area contributed by atoms with Crippen molar-refractivity contribution in [2.45, 2.75) is 19.8 Å². The summed E-state index contributed by atoms with van der Waals surface area (Å²) in [6.07, 6.45) is 2.20. The van der Waals surface area contributed by atoms with Gasteiger partial charge in [0.2, 0.25) is 0 Å². The van der Waals surface area contributed by atoms with Crippen molar-refractivity contribution in [3.63, 3.8) is 0 Å². The molecule has 2 aromatic rings. The van der Waals surface area contributed by atoms with E-state index >= 15 is 0 Å². The summed E-state index contributed by atoms with van der Waals surface area (Å²) in [4.78, 5) is 0. The molecule has 0 amide bonds. The van der Waals surface area contributed by atoms with Gasteiger partial charge in [-0.25, -0.2) is 0 Å². The normalized spacial score (nSPS) is 10.3. The molecule has 0 saturated carbocycles. The fourth-order valence-corrected chi connectivity index (χ4v) is 1.97. The van der Waals surface area contributed by atoms with Crippen molar-refractivity contribution < 1.29 is 4.74 Å². The Labute approximate surface area is 113 Å². The minimum absolute atomic E-state index is 0.733. The summed E-state index contributed by atoms with van der Waals surface area (Å²) in [6, 6.07) is 16.0. The van der Waals surface area contributed by atoms with Crippen LogP contribution in [0.1, 0.15) is 19.8 Å². The molecule has 0 spiro atoms. The number of hydrogen-bond acceptors (Lipinski definition) is 1. The lowest BCUT2D eigenvalue weighted by atomic mass is 10.0. The molecule has 0 aliphatic carbocycles. The van der Waals surface area contributed by atoms with E-state index < -0.39 is 0 Å². The molecule has 0 aliphatic rings. The smallest absolute Gasteiger partial charge is 0.127 e. The summed E-state index contributed by atoms with van der Waals surface area (Å²) in [6.45, 7) is 2.90. The van der Waals surface area contributed by atoms with Gasteiger partial charge in [0.1, 0.15) is 5.75 Å². The Kier molecular flexibility index (Phi) is 4.66. The van der Waals surface area contributed by atoms with Gasteiger partial charge in [0.25, 0.3) is 0 Å². The Morgan fingerprint density at radius 3 is 2.56 bits per heavy atom. The van der Waals surface area contributed by atoms with E-state index in [0.717, 1.165) is 41.3 Å². The van der Waals surface area contributed by atoms with Crippen LogP contribution in [0.15, 0.2) is 48.5 Å². The number of rotatable bonds is 5. The average molecular weight is 261 g/mol. The van der Waals surface area contributed by atoms with Gasteiger partial charge in [-0.05, 0) is 30.2 Å². The summed E-state index contributed by atoms with van der Waals surface area (Å²) in [5.74, 6) is 0.902. The topological polar surface area (TPSA) is 9.23 Å². The SMILES string of the molecule is CCCCOc1ccc(Cl)cc1-c1ccccc1. The van der Waals surface area contributed by atoms with E-state index in [9.17, 15) is 0 Å². The molecule has 0 bridgehead atoms. The van der Waals surface area contributed by atoms with Crippen molar-refractivity contribution in [2.24, 2.45) is 0 Å². The Morgan fingerprint density at radius 2 is 1.83 bits per heavy atom. The Morgan fingerprint density at radius 1 is 1.06 bits per heavy atom. The van der Waals surface area contributed by atoms with Crippen molar-refractivity contribution in [3.05, 3.63) is 53.6 Å². The molecule has 0 heterocycles. The minimum atomic E-state index is 0.733. The molecule has 94 valence electrons. The number of unbranched alkanes of at least 4 members (excludes halogenated alkanes) is 1.